The van der Waals surface area contributed by atoms with Crippen molar-refractivity contribution in [3.05, 3.63) is 0 Å². The highest BCUT2D eigenvalue weighted by Gasteiger charge is 2.41. The molecule has 2 fully saturated rings. The minimum Gasteiger partial charge on any atom is -0.463 e. The summed E-state index contributed by atoms with van der Waals surface area (Å²) in [5.41, 5.74) is 0. The van der Waals surface area contributed by atoms with E-state index >= 15 is 0 Å². The van der Waals surface area contributed by atoms with Crippen molar-refractivity contribution >= 4 is 48.9 Å². The molecule has 0 amide bonds. The highest BCUT2D eigenvalue weighted by atomic mass is 32.2. The van der Waals surface area contributed by atoms with Crippen LogP contribution in [0.2, 0.25) is 0 Å². The molecule has 238 valence electrons. The number of hydrogen-bond donors (Lipinski definition) is 4. The number of Topliss-reactive ketones (excluding diaryl/α,β-unsaturated/α-hetero) is 1. The molecule has 4 N–H and O–H groups in total. The molecule has 9 atom stereocenters. The Morgan fingerprint density at radius 2 is 1.27 bits per heavy atom. The van der Waals surface area contributed by atoms with Gasteiger partial charge in [0, 0.05) is 44.5 Å². The van der Waals surface area contributed by atoms with Crippen molar-refractivity contribution in [1.29, 1.82) is 0 Å². The van der Waals surface area contributed by atoms with E-state index in [4.69, 9.17) is 18.9 Å². The Kier molecular flexibility index (Phi) is 13.4. The molecule has 18 heteroatoms. The maximum absolute atomic E-state index is 12.8. The van der Waals surface area contributed by atoms with Gasteiger partial charge in [-0.05, 0) is 6.92 Å². The zero-order valence-electron chi connectivity index (χ0n) is 23.5. The normalized spacial score (nSPS) is 31.5. The standard InChI is InChI=1S/C23H40N2O13S3/c1-12(26)11-39-17(23(32)38-10-16-22(31)20(29)14(8-36-16)25-41(4,5)34)6-18(27)37-9-15-21(30)19(28)13(7-35-15)24-40(2,3)33/h13-17,19-22,28-31H,6-11H2,1-5H3/t13-,14-,15?,16?,17?,19+,20+,21-,22-/m0/s1. The van der Waals surface area contributed by atoms with Gasteiger partial charge in [-0.3, -0.25) is 22.8 Å². The van der Waals surface area contributed by atoms with Crippen LogP contribution in [-0.2, 0) is 52.8 Å². The second-order valence-corrected chi connectivity index (χ2v) is 16.8. The summed E-state index contributed by atoms with van der Waals surface area (Å²) in [5, 5.41) is 40.2. The predicted octanol–water partition coefficient (Wildman–Crippen LogP) is -2.41. The minimum absolute atomic E-state index is 0.107. The van der Waals surface area contributed by atoms with Gasteiger partial charge in [-0.2, -0.15) is 0 Å². The van der Waals surface area contributed by atoms with E-state index in [0.29, 0.717) is 0 Å². The highest BCUT2D eigenvalue weighted by Crippen LogP contribution is 2.23. The van der Waals surface area contributed by atoms with E-state index in [1.54, 1.807) is 0 Å². The summed E-state index contributed by atoms with van der Waals surface area (Å²) in [6.45, 7) is 0.0531. The third-order valence-corrected chi connectivity index (χ3v) is 8.78. The molecule has 0 aromatic rings. The Morgan fingerprint density at radius 3 is 1.68 bits per heavy atom. The topological polar surface area (TPSA) is 228 Å². The Morgan fingerprint density at radius 1 is 0.829 bits per heavy atom. The van der Waals surface area contributed by atoms with Gasteiger partial charge >= 0.3 is 11.9 Å². The molecule has 2 heterocycles. The molecule has 0 saturated carbocycles. The minimum atomic E-state index is -2.57. The van der Waals surface area contributed by atoms with Crippen molar-refractivity contribution in [2.24, 2.45) is 8.73 Å². The van der Waals surface area contributed by atoms with Gasteiger partial charge in [0.15, 0.2) is 0 Å². The van der Waals surface area contributed by atoms with E-state index in [0.717, 1.165) is 11.8 Å². The summed E-state index contributed by atoms with van der Waals surface area (Å²) in [5.74, 6) is -2.14. The van der Waals surface area contributed by atoms with Gasteiger partial charge in [-0.25, -0.2) is 8.73 Å². The van der Waals surface area contributed by atoms with Crippen LogP contribution in [0.4, 0.5) is 0 Å². The molecule has 0 aromatic carbocycles. The first-order chi connectivity index (χ1) is 18.9. The number of rotatable bonds is 12. The molecular formula is C23H40N2O13S3. The van der Waals surface area contributed by atoms with Crippen LogP contribution < -0.4 is 0 Å². The lowest BCUT2D eigenvalue weighted by molar-refractivity contribution is -0.176. The van der Waals surface area contributed by atoms with Gasteiger partial charge in [0.25, 0.3) is 0 Å². The molecule has 15 nitrogen and oxygen atoms in total. The number of ketones is 1. The van der Waals surface area contributed by atoms with Crippen LogP contribution in [0, 0.1) is 0 Å². The molecule has 0 aromatic heterocycles. The summed E-state index contributed by atoms with van der Waals surface area (Å²) in [6.07, 6.45) is -2.98. The molecular weight excluding hydrogens is 608 g/mol. The van der Waals surface area contributed by atoms with Gasteiger partial charge < -0.3 is 39.4 Å². The van der Waals surface area contributed by atoms with E-state index < -0.39 is 105 Å². The summed E-state index contributed by atoms with van der Waals surface area (Å²) in [4.78, 5) is 36.8. The zero-order chi connectivity index (χ0) is 31.1. The summed E-state index contributed by atoms with van der Waals surface area (Å²) >= 11 is 0.844. The van der Waals surface area contributed by atoms with E-state index in [9.17, 15) is 43.2 Å². The van der Waals surface area contributed by atoms with Gasteiger partial charge in [0.2, 0.25) is 0 Å². The number of carbonyl (C=O) groups is 3. The smallest absolute Gasteiger partial charge is 0.319 e. The SMILES string of the molecule is CC(=O)CSC(CC(=O)OCC1OC[C@H](N=S(C)(C)=O)[C@@H](O)[C@H]1O)C(=O)OCC1OC[C@H](N=S(C)(C)=O)[C@@H](O)[C@H]1O. The molecule has 41 heavy (non-hydrogen) atoms. The number of ether oxygens (including phenoxy) is 4. The van der Waals surface area contributed by atoms with E-state index in [1.165, 1.54) is 31.9 Å². The van der Waals surface area contributed by atoms with Gasteiger partial charge in [0.1, 0.15) is 73.0 Å². The molecule has 2 saturated heterocycles. The molecule has 3 unspecified atom stereocenters. The van der Waals surface area contributed by atoms with Crippen molar-refractivity contribution in [3.63, 3.8) is 0 Å². The largest absolute Gasteiger partial charge is 0.463 e. The number of aliphatic hydroxyl groups excluding tert-OH is 4. The molecule has 2 aliphatic heterocycles. The lowest BCUT2D eigenvalue weighted by Crippen LogP contribution is -2.54. The molecule has 2 aliphatic rings. The van der Waals surface area contributed by atoms with Crippen molar-refractivity contribution in [2.45, 2.75) is 67.3 Å². The first kappa shape index (κ1) is 35.8. The summed E-state index contributed by atoms with van der Waals surface area (Å²) in [7, 11) is -5.14. The highest BCUT2D eigenvalue weighted by molar-refractivity contribution is 8.01. The number of nitrogens with zero attached hydrogens (tertiary/aromatic N) is 2. The van der Waals surface area contributed by atoms with Crippen LogP contribution >= 0.6 is 11.8 Å². The Hall–Kier alpha value is -1.38. The molecule has 2 rings (SSSR count). The fourth-order valence-corrected chi connectivity index (χ4v) is 6.51. The van der Waals surface area contributed by atoms with Gasteiger partial charge in [0.05, 0.1) is 25.4 Å². The third-order valence-electron chi connectivity index (χ3n) is 5.89. The molecule has 0 spiro atoms. The second-order valence-electron chi connectivity index (χ2n) is 10.4. The van der Waals surface area contributed by atoms with Crippen LogP contribution in [-0.4, -0.2) is 158 Å². The quantitative estimate of drug-likeness (QED) is 0.162. The fraction of sp³-hybridized carbons (Fsp3) is 0.870. The number of hydrogen-bond acceptors (Lipinski definition) is 16. The average Bonchev–Trinajstić information content (AvgIpc) is 2.84. The Bertz CT molecular complexity index is 1170. The van der Waals surface area contributed by atoms with Crippen LogP contribution in [0.15, 0.2) is 8.73 Å². The first-order valence-electron chi connectivity index (χ1n) is 12.6. The van der Waals surface area contributed by atoms with Crippen LogP contribution in [0.1, 0.15) is 13.3 Å². The third kappa shape index (κ3) is 12.0. The van der Waals surface area contributed by atoms with E-state index in [-0.39, 0.29) is 24.7 Å². The number of aliphatic hydroxyl groups is 4. The summed E-state index contributed by atoms with van der Waals surface area (Å²) in [6, 6.07) is -1.85. The van der Waals surface area contributed by atoms with Gasteiger partial charge in [-0.15, -0.1) is 11.8 Å². The maximum atomic E-state index is 12.8. The van der Waals surface area contributed by atoms with Crippen LogP contribution in [0.5, 0.6) is 0 Å². The van der Waals surface area contributed by atoms with Crippen molar-refractivity contribution < 1.29 is 62.2 Å². The molecule has 0 radical (unpaired) electrons. The van der Waals surface area contributed by atoms with E-state index in [2.05, 4.69) is 8.73 Å². The first-order valence-corrected chi connectivity index (χ1v) is 18.3. The fourth-order valence-electron chi connectivity index (χ4n) is 3.94. The Balaban J connectivity index is 1.93. The van der Waals surface area contributed by atoms with Gasteiger partial charge in [-0.1, -0.05) is 0 Å². The van der Waals surface area contributed by atoms with E-state index in [1.807, 2.05) is 0 Å². The lowest BCUT2D eigenvalue weighted by atomic mass is 9.99. The second kappa shape index (κ2) is 15.4. The monoisotopic (exact) mass is 648 g/mol. The van der Waals surface area contributed by atoms with Crippen molar-refractivity contribution in [3.8, 4) is 0 Å². The number of carbonyl (C=O) groups excluding carboxylic acids is 3. The summed E-state index contributed by atoms with van der Waals surface area (Å²) < 4.78 is 52.9. The molecule has 0 bridgehead atoms. The number of esters is 2. The zero-order valence-corrected chi connectivity index (χ0v) is 26.0. The van der Waals surface area contributed by atoms with Crippen molar-refractivity contribution in [2.75, 3.05) is 57.2 Å². The Labute approximate surface area is 244 Å². The number of thioether (sulfide) groups is 1. The van der Waals surface area contributed by atoms with Crippen molar-refractivity contribution in [1.82, 2.24) is 0 Å². The maximum Gasteiger partial charge on any atom is 0.319 e. The molecule has 0 aliphatic carbocycles. The van der Waals surface area contributed by atoms with Crippen LogP contribution in [0.25, 0.3) is 0 Å². The van der Waals surface area contributed by atoms with Crippen LogP contribution in [0.3, 0.4) is 0 Å². The predicted molar refractivity (Wildman–Crippen MR) is 149 cm³/mol. The lowest BCUT2D eigenvalue weighted by Gasteiger charge is -2.35. The average molecular weight is 649 g/mol.